The number of aliphatic hydroxyl groups is 1. The van der Waals surface area contributed by atoms with Crippen LogP contribution in [-0.2, 0) is 38.0 Å². The SMILES string of the molecule is COc1ccc(N=C2O[C@H]3[C@H](OC4C(C)CC(C)CNC(C)CC(C)C(O[C@@H]5C[C@@](C)(OC)[C@@H](O)[C@H](C)O5)OC(=O)C(C)CC4C)O[C@H](C)C[C@@H]3N2C)cn1. The standard InChI is InChI=1S/C41H68N4O10/c1-22-15-23(2)34(53-39-35-31(18-28(7)50-39)45(10)40(54-35)44-30-13-14-32(48-11)43-21-30)24(3)16-25(4)37(47)55-38(26(5)17-27(6)42-20-22)52-33-19-41(9,49-12)36(46)29(8)51-33/h13-14,21-29,31,33-36,38-39,42,46H,15-20H2,1-12H3/t22?,23?,24?,25?,26?,27?,28-,29+,31+,33-,34?,35-,36+,38?,39+,41-/m1/s1. The molecule has 4 aliphatic heterocycles. The maximum Gasteiger partial charge on any atom is 0.310 e. The number of hydrogen-bond donors (Lipinski definition) is 2. The van der Waals surface area contributed by atoms with E-state index in [1.165, 1.54) is 0 Å². The molecule has 2 N–H and O–H groups in total. The summed E-state index contributed by atoms with van der Waals surface area (Å²) in [4.78, 5) is 25.0. The summed E-state index contributed by atoms with van der Waals surface area (Å²) < 4.78 is 49.7. The van der Waals surface area contributed by atoms with E-state index in [1.807, 2.05) is 33.9 Å². The minimum Gasteiger partial charge on any atom is -0.481 e. The lowest BCUT2D eigenvalue weighted by Gasteiger charge is -2.45. The summed E-state index contributed by atoms with van der Waals surface area (Å²) in [5.74, 6) is 0.0875. The first-order valence-electron chi connectivity index (χ1n) is 20.3. The Morgan fingerprint density at radius 2 is 1.65 bits per heavy atom. The minimum atomic E-state index is -0.865. The van der Waals surface area contributed by atoms with Crippen molar-refractivity contribution < 1.29 is 47.8 Å². The molecular weight excluding hydrogens is 708 g/mol. The number of hydrogen-bond acceptors (Lipinski definition) is 13. The molecule has 55 heavy (non-hydrogen) atoms. The summed E-state index contributed by atoms with van der Waals surface area (Å²) in [6, 6.07) is 4.25. The van der Waals surface area contributed by atoms with Crippen molar-refractivity contribution in [3.05, 3.63) is 18.3 Å². The third kappa shape index (κ3) is 10.7. The van der Waals surface area contributed by atoms with E-state index < -0.39 is 48.7 Å². The van der Waals surface area contributed by atoms with Gasteiger partial charge in [0, 0.05) is 38.6 Å². The van der Waals surface area contributed by atoms with Gasteiger partial charge in [-0.25, -0.2) is 4.98 Å². The molecule has 1 aromatic heterocycles. The smallest absolute Gasteiger partial charge is 0.310 e. The number of aromatic nitrogens is 1. The number of likely N-dealkylation sites (N-methyl/N-ethyl adjacent to an activating group) is 1. The largest absolute Gasteiger partial charge is 0.481 e. The molecule has 8 unspecified atom stereocenters. The van der Waals surface area contributed by atoms with Crippen LogP contribution in [0.5, 0.6) is 5.88 Å². The van der Waals surface area contributed by atoms with E-state index >= 15 is 0 Å². The van der Waals surface area contributed by atoms with E-state index in [0.29, 0.717) is 36.3 Å². The van der Waals surface area contributed by atoms with Gasteiger partial charge in [0.1, 0.15) is 6.10 Å². The van der Waals surface area contributed by atoms with Crippen LogP contribution in [0.2, 0.25) is 0 Å². The molecule has 14 heteroatoms. The Hall–Kier alpha value is -2.59. The van der Waals surface area contributed by atoms with Gasteiger partial charge in [-0.15, -0.1) is 0 Å². The first kappa shape index (κ1) is 43.5. The number of nitrogens with zero attached hydrogens (tertiary/aromatic N) is 3. The molecule has 0 radical (unpaired) electrons. The van der Waals surface area contributed by atoms with Crippen LogP contribution in [0.1, 0.15) is 94.4 Å². The lowest BCUT2D eigenvalue weighted by molar-refractivity contribution is -0.319. The number of esters is 1. The summed E-state index contributed by atoms with van der Waals surface area (Å²) >= 11 is 0. The van der Waals surface area contributed by atoms with E-state index in [9.17, 15) is 9.90 Å². The van der Waals surface area contributed by atoms with Crippen LogP contribution in [0.15, 0.2) is 23.3 Å². The van der Waals surface area contributed by atoms with Gasteiger partial charge in [-0.3, -0.25) is 4.79 Å². The van der Waals surface area contributed by atoms with Crippen molar-refractivity contribution in [2.24, 2.45) is 34.6 Å². The molecular formula is C41H68N4O10. The highest BCUT2D eigenvalue weighted by atomic mass is 16.8. The van der Waals surface area contributed by atoms with Crippen molar-refractivity contribution in [1.82, 2.24) is 15.2 Å². The van der Waals surface area contributed by atoms with E-state index in [4.69, 9.17) is 42.9 Å². The number of carbonyl (C=O) groups is 1. The molecule has 14 nitrogen and oxygen atoms in total. The summed E-state index contributed by atoms with van der Waals surface area (Å²) in [6.07, 6.45) is 0.628. The molecule has 0 aliphatic carbocycles. The van der Waals surface area contributed by atoms with Gasteiger partial charge in [-0.2, -0.15) is 4.99 Å². The van der Waals surface area contributed by atoms with Crippen LogP contribution in [0.4, 0.5) is 5.69 Å². The average Bonchev–Trinajstić information content (AvgIpc) is 3.45. The van der Waals surface area contributed by atoms with Crippen molar-refractivity contribution in [2.45, 2.75) is 161 Å². The van der Waals surface area contributed by atoms with Gasteiger partial charge in [-0.05, 0) is 83.7 Å². The first-order valence-corrected chi connectivity index (χ1v) is 20.3. The van der Waals surface area contributed by atoms with Gasteiger partial charge >= 0.3 is 5.97 Å². The Morgan fingerprint density at radius 3 is 2.33 bits per heavy atom. The molecule has 16 atom stereocenters. The molecule has 312 valence electrons. The number of methoxy groups -OCH3 is 2. The second kappa shape index (κ2) is 18.8. The highest BCUT2D eigenvalue weighted by Crippen LogP contribution is 2.38. The topological polar surface area (TPSA) is 152 Å². The Labute approximate surface area is 328 Å². The number of amidine groups is 1. The highest BCUT2D eigenvalue weighted by Gasteiger charge is 2.50. The van der Waals surface area contributed by atoms with Gasteiger partial charge in [-0.1, -0.05) is 34.6 Å². The number of cyclic esters (lactones) is 1. The van der Waals surface area contributed by atoms with Crippen molar-refractivity contribution in [2.75, 3.05) is 27.8 Å². The van der Waals surface area contributed by atoms with Crippen molar-refractivity contribution in [3.63, 3.8) is 0 Å². The summed E-state index contributed by atoms with van der Waals surface area (Å²) in [5.41, 5.74) is -0.208. The second-order valence-electron chi connectivity index (χ2n) is 17.2. The van der Waals surface area contributed by atoms with Gasteiger partial charge in [0.2, 0.25) is 12.2 Å². The summed E-state index contributed by atoms with van der Waals surface area (Å²) in [7, 11) is 5.15. The fourth-order valence-electron chi connectivity index (χ4n) is 8.79. The minimum absolute atomic E-state index is 0.00478. The van der Waals surface area contributed by atoms with Crippen molar-refractivity contribution in [1.29, 1.82) is 0 Å². The molecule has 0 bridgehead atoms. The lowest BCUT2D eigenvalue weighted by Crippen LogP contribution is -2.57. The molecule has 0 spiro atoms. The summed E-state index contributed by atoms with van der Waals surface area (Å²) in [6.45, 7) is 19.3. The van der Waals surface area contributed by atoms with E-state index in [0.717, 1.165) is 25.8 Å². The number of fused-ring (bicyclic) bond motifs is 1. The first-order chi connectivity index (χ1) is 26.0. The predicted molar refractivity (Wildman–Crippen MR) is 207 cm³/mol. The number of aliphatic hydroxyl groups excluding tert-OH is 1. The Balaban J connectivity index is 1.34. The monoisotopic (exact) mass is 776 g/mol. The molecule has 5 rings (SSSR count). The molecule has 0 aromatic carbocycles. The van der Waals surface area contributed by atoms with Crippen molar-refractivity contribution >= 4 is 17.7 Å². The number of rotatable bonds is 7. The third-order valence-corrected chi connectivity index (χ3v) is 12.1. The van der Waals surface area contributed by atoms with Gasteiger partial charge < -0.3 is 53.2 Å². The van der Waals surface area contributed by atoms with Crippen LogP contribution < -0.4 is 10.1 Å². The normalized spacial score (nSPS) is 43.1. The van der Waals surface area contributed by atoms with Gasteiger partial charge in [0.05, 0.1) is 54.9 Å². The fraction of sp³-hybridized carbons (Fsp3) is 0.829. The average molecular weight is 777 g/mol. The van der Waals surface area contributed by atoms with Crippen LogP contribution in [0.25, 0.3) is 0 Å². The Bertz CT molecular complexity index is 1420. The van der Waals surface area contributed by atoms with Crippen LogP contribution in [0.3, 0.4) is 0 Å². The Kier molecular flexibility index (Phi) is 14.9. The second-order valence-corrected chi connectivity index (χ2v) is 17.2. The predicted octanol–water partition coefficient (Wildman–Crippen LogP) is 5.43. The van der Waals surface area contributed by atoms with Crippen molar-refractivity contribution in [3.8, 4) is 5.88 Å². The van der Waals surface area contributed by atoms with E-state index in [1.54, 1.807) is 33.4 Å². The molecule has 1 aromatic rings. The zero-order valence-electron chi connectivity index (χ0n) is 35.1. The molecule has 0 saturated carbocycles. The molecule has 5 heterocycles. The van der Waals surface area contributed by atoms with Crippen LogP contribution in [-0.4, -0.2) is 122 Å². The molecule has 0 amide bonds. The highest BCUT2D eigenvalue weighted by molar-refractivity contribution is 5.79. The number of ether oxygens (including phenoxy) is 8. The van der Waals surface area contributed by atoms with Crippen LogP contribution >= 0.6 is 0 Å². The van der Waals surface area contributed by atoms with Gasteiger partial charge in [0.15, 0.2) is 18.7 Å². The quantitative estimate of drug-likeness (QED) is 0.339. The zero-order chi connectivity index (χ0) is 40.2. The van der Waals surface area contributed by atoms with Gasteiger partial charge in [0.25, 0.3) is 6.02 Å². The number of nitrogens with one attached hydrogen (secondary N) is 1. The Morgan fingerprint density at radius 1 is 0.927 bits per heavy atom. The maximum atomic E-state index is 13.9. The third-order valence-electron chi connectivity index (χ3n) is 12.1. The fourth-order valence-corrected chi connectivity index (χ4v) is 8.79. The molecule has 4 saturated heterocycles. The van der Waals surface area contributed by atoms with E-state index in [-0.39, 0.29) is 48.0 Å². The number of pyridine rings is 1. The number of carbonyl (C=O) groups excluding carboxylic acids is 1. The summed E-state index contributed by atoms with van der Waals surface area (Å²) in [5, 5.41) is 14.5. The zero-order valence-corrected chi connectivity index (χ0v) is 35.1. The molecule has 4 fully saturated rings. The molecule has 4 aliphatic rings. The lowest BCUT2D eigenvalue weighted by atomic mass is 9.82. The number of aliphatic imine (C=N–C) groups is 1. The van der Waals surface area contributed by atoms with Crippen LogP contribution in [0, 0.1) is 29.6 Å². The van der Waals surface area contributed by atoms with E-state index in [2.05, 4.69) is 49.8 Å². The maximum absolute atomic E-state index is 13.9.